The lowest BCUT2D eigenvalue weighted by molar-refractivity contribution is -0.384. The van der Waals surface area contributed by atoms with Crippen LogP contribution in [0.5, 0.6) is 5.75 Å². The molecule has 0 atom stereocenters. The van der Waals surface area contributed by atoms with Crippen molar-refractivity contribution in [3.63, 3.8) is 0 Å². The van der Waals surface area contributed by atoms with E-state index >= 15 is 0 Å². The van der Waals surface area contributed by atoms with Crippen molar-refractivity contribution in [3.8, 4) is 5.75 Å². The molecule has 10 nitrogen and oxygen atoms in total. The van der Waals surface area contributed by atoms with E-state index in [0.29, 0.717) is 13.1 Å². The number of carbonyl (C=O) groups excluding carboxylic acids is 1. The topological polar surface area (TPSA) is 142 Å². The predicted molar refractivity (Wildman–Crippen MR) is 109 cm³/mol. The van der Waals surface area contributed by atoms with Crippen LogP contribution in [0.3, 0.4) is 0 Å². The first-order valence-corrected chi connectivity index (χ1v) is 10.6. The van der Waals surface area contributed by atoms with Gasteiger partial charge in [-0.2, -0.15) is 9.41 Å². The van der Waals surface area contributed by atoms with Gasteiger partial charge in [-0.15, -0.1) is 0 Å². The van der Waals surface area contributed by atoms with E-state index in [2.05, 4.69) is 10.5 Å². The van der Waals surface area contributed by atoms with E-state index in [0.717, 1.165) is 43.7 Å². The Morgan fingerprint density at radius 3 is 2.60 bits per heavy atom. The molecule has 1 saturated heterocycles. The summed E-state index contributed by atoms with van der Waals surface area (Å²) in [6, 6.07) is 9.03. The molecule has 3 rings (SSSR count). The van der Waals surface area contributed by atoms with Crippen molar-refractivity contribution in [1.29, 1.82) is 0 Å². The molecule has 0 aliphatic carbocycles. The number of aromatic hydroxyl groups is 1. The second-order valence-corrected chi connectivity index (χ2v) is 8.63. The summed E-state index contributed by atoms with van der Waals surface area (Å²) in [5.74, 6) is -0.903. The van der Waals surface area contributed by atoms with Gasteiger partial charge in [0.15, 0.2) is 0 Å². The first-order chi connectivity index (χ1) is 14.3. The Balaban J connectivity index is 1.74. The lowest BCUT2D eigenvalue weighted by atomic mass is 10.2. The van der Waals surface area contributed by atoms with Crippen molar-refractivity contribution < 1.29 is 23.2 Å². The third-order valence-corrected chi connectivity index (χ3v) is 6.54. The summed E-state index contributed by atoms with van der Waals surface area (Å²) in [5.41, 5.74) is 2.12. The minimum absolute atomic E-state index is 0.0253. The Morgan fingerprint density at radius 1 is 1.17 bits per heavy atom. The number of nitro benzene ring substituents is 1. The van der Waals surface area contributed by atoms with Gasteiger partial charge in [-0.1, -0.05) is 12.5 Å². The summed E-state index contributed by atoms with van der Waals surface area (Å²) < 4.78 is 26.9. The van der Waals surface area contributed by atoms with E-state index in [1.54, 1.807) is 0 Å². The Hall–Kier alpha value is -3.31. The molecule has 0 spiro atoms. The van der Waals surface area contributed by atoms with Crippen LogP contribution in [0.25, 0.3) is 0 Å². The minimum Gasteiger partial charge on any atom is -0.507 e. The van der Waals surface area contributed by atoms with Gasteiger partial charge < -0.3 is 5.11 Å². The summed E-state index contributed by atoms with van der Waals surface area (Å²) in [6.07, 6.45) is 3.67. The van der Waals surface area contributed by atoms with Crippen LogP contribution in [-0.2, 0) is 10.0 Å². The Labute approximate surface area is 173 Å². The van der Waals surface area contributed by atoms with Crippen molar-refractivity contribution in [1.82, 2.24) is 9.73 Å². The molecular formula is C19H20N4O6S. The number of carbonyl (C=O) groups is 1. The summed E-state index contributed by atoms with van der Waals surface area (Å²) in [6.45, 7) is 0.908. The molecule has 158 valence electrons. The third-order valence-electron chi connectivity index (χ3n) is 4.64. The monoisotopic (exact) mass is 432 g/mol. The Kier molecular flexibility index (Phi) is 6.43. The van der Waals surface area contributed by atoms with Crippen LogP contribution < -0.4 is 5.43 Å². The molecule has 1 heterocycles. The number of sulfonamides is 1. The number of hydrazone groups is 1. The number of benzene rings is 2. The highest BCUT2D eigenvalue weighted by molar-refractivity contribution is 7.89. The maximum Gasteiger partial charge on any atom is 0.271 e. The molecule has 0 unspecified atom stereocenters. The number of hydrogen-bond donors (Lipinski definition) is 2. The average Bonchev–Trinajstić information content (AvgIpc) is 2.75. The maximum atomic E-state index is 12.8. The second kappa shape index (κ2) is 9.01. The molecule has 2 N–H and O–H groups in total. The largest absolute Gasteiger partial charge is 0.507 e. The number of hydrogen-bond acceptors (Lipinski definition) is 7. The summed E-state index contributed by atoms with van der Waals surface area (Å²) in [7, 11) is -3.68. The van der Waals surface area contributed by atoms with E-state index in [4.69, 9.17) is 0 Å². The smallest absolute Gasteiger partial charge is 0.271 e. The van der Waals surface area contributed by atoms with Gasteiger partial charge in [-0.3, -0.25) is 14.9 Å². The first kappa shape index (κ1) is 21.4. The molecule has 30 heavy (non-hydrogen) atoms. The number of non-ortho nitro benzene ring substituents is 1. The van der Waals surface area contributed by atoms with Crippen LogP contribution >= 0.6 is 0 Å². The fourth-order valence-electron chi connectivity index (χ4n) is 3.04. The molecule has 0 radical (unpaired) electrons. The maximum absolute atomic E-state index is 12.8. The molecule has 1 amide bonds. The summed E-state index contributed by atoms with van der Waals surface area (Å²) >= 11 is 0. The lowest BCUT2D eigenvalue weighted by Gasteiger charge is -2.25. The van der Waals surface area contributed by atoms with Gasteiger partial charge in [-0.05, 0) is 37.1 Å². The fraction of sp³-hybridized carbons (Fsp3) is 0.263. The normalized spacial score (nSPS) is 15.2. The summed E-state index contributed by atoms with van der Waals surface area (Å²) in [5, 5.41) is 24.3. The first-order valence-electron chi connectivity index (χ1n) is 9.20. The van der Waals surface area contributed by atoms with Gasteiger partial charge in [0.25, 0.3) is 11.6 Å². The molecule has 0 bridgehead atoms. The molecule has 2 aromatic rings. The van der Waals surface area contributed by atoms with Crippen molar-refractivity contribution in [2.75, 3.05) is 13.1 Å². The van der Waals surface area contributed by atoms with E-state index in [1.165, 1.54) is 28.6 Å². The van der Waals surface area contributed by atoms with E-state index < -0.39 is 20.9 Å². The standard InChI is InChI=1S/C19H20N4O6S/c24-18-8-7-16(23(26)27)11-15(18)13-20-21-19(25)14-5-4-6-17(12-14)30(28,29)22-9-2-1-3-10-22/h4-8,11-13,24H,1-3,9-10H2,(H,21,25)/b20-13+. The number of amides is 1. The molecular weight excluding hydrogens is 412 g/mol. The average molecular weight is 432 g/mol. The number of phenols is 1. The fourth-order valence-corrected chi connectivity index (χ4v) is 4.60. The van der Waals surface area contributed by atoms with E-state index in [1.807, 2.05) is 0 Å². The highest BCUT2D eigenvalue weighted by atomic mass is 32.2. The lowest BCUT2D eigenvalue weighted by Crippen LogP contribution is -2.35. The molecule has 1 aliphatic rings. The van der Waals surface area contributed by atoms with Gasteiger partial charge in [0.2, 0.25) is 10.0 Å². The molecule has 0 saturated carbocycles. The van der Waals surface area contributed by atoms with Gasteiger partial charge in [0.05, 0.1) is 16.0 Å². The van der Waals surface area contributed by atoms with Gasteiger partial charge >= 0.3 is 0 Å². The van der Waals surface area contributed by atoms with Gasteiger partial charge in [0.1, 0.15) is 5.75 Å². The Morgan fingerprint density at radius 2 is 1.90 bits per heavy atom. The second-order valence-electron chi connectivity index (χ2n) is 6.69. The zero-order chi connectivity index (χ0) is 21.7. The van der Waals surface area contributed by atoms with Crippen molar-refractivity contribution in [2.45, 2.75) is 24.2 Å². The van der Waals surface area contributed by atoms with Crippen LogP contribution in [0.15, 0.2) is 52.5 Å². The molecule has 1 aliphatic heterocycles. The third kappa shape index (κ3) is 4.81. The quantitative estimate of drug-likeness (QED) is 0.407. The van der Waals surface area contributed by atoms with Crippen molar-refractivity contribution >= 4 is 27.8 Å². The molecule has 2 aromatic carbocycles. The zero-order valence-corrected chi connectivity index (χ0v) is 16.7. The number of nitrogens with zero attached hydrogens (tertiary/aromatic N) is 3. The number of rotatable bonds is 6. The minimum atomic E-state index is -3.68. The zero-order valence-electron chi connectivity index (χ0n) is 15.9. The SMILES string of the molecule is O=C(N/N=C/c1cc([N+](=O)[O-])ccc1O)c1cccc(S(=O)(=O)N2CCCCC2)c1. The highest BCUT2D eigenvalue weighted by Crippen LogP contribution is 2.22. The number of phenolic OH excluding ortho intramolecular Hbond substituents is 1. The summed E-state index contributed by atoms with van der Waals surface area (Å²) in [4.78, 5) is 22.6. The van der Waals surface area contributed by atoms with Crippen LogP contribution in [0, 0.1) is 10.1 Å². The number of nitro groups is 1. The number of piperidine rings is 1. The van der Waals surface area contributed by atoms with Gasteiger partial charge in [0, 0.05) is 36.3 Å². The predicted octanol–water partition coefficient (Wildman–Crippen LogP) is 2.24. The van der Waals surface area contributed by atoms with Crippen molar-refractivity contribution in [3.05, 3.63) is 63.7 Å². The molecule has 0 aromatic heterocycles. The highest BCUT2D eigenvalue weighted by Gasteiger charge is 2.26. The van der Waals surface area contributed by atoms with Gasteiger partial charge in [-0.25, -0.2) is 13.8 Å². The van der Waals surface area contributed by atoms with E-state index in [9.17, 15) is 28.4 Å². The Bertz CT molecular complexity index is 1090. The molecule has 1 fully saturated rings. The van der Waals surface area contributed by atoms with Crippen molar-refractivity contribution in [2.24, 2.45) is 5.10 Å². The number of nitrogens with one attached hydrogen (secondary N) is 1. The van der Waals surface area contributed by atoms with Crippen LogP contribution in [0.4, 0.5) is 5.69 Å². The molecule has 11 heteroatoms. The van der Waals surface area contributed by atoms with Crippen LogP contribution in [-0.4, -0.2) is 48.0 Å². The van der Waals surface area contributed by atoms with Crippen LogP contribution in [0.1, 0.15) is 35.2 Å². The van der Waals surface area contributed by atoms with E-state index in [-0.39, 0.29) is 27.5 Å². The van der Waals surface area contributed by atoms with Crippen LogP contribution in [0.2, 0.25) is 0 Å².